The predicted molar refractivity (Wildman–Crippen MR) is 113 cm³/mol. The van der Waals surface area contributed by atoms with Gasteiger partial charge in [0.15, 0.2) is 5.16 Å². The largest absolute Gasteiger partial charge is 0.465 e. The highest BCUT2D eigenvalue weighted by Gasteiger charge is 2.17. The van der Waals surface area contributed by atoms with Crippen LogP contribution in [0.25, 0.3) is 5.69 Å². The maximum absolute atomic E-state index is 12.5. The Morgan fingerprint density at radius 3 is 2.66 bits per heavy atom. The van der Waals surface area contributed by atoms with Crippen LogP contribution in [0.15, 0.2) is 66.1 Å². The lowest BCUT2D eigenvalue weighted by Gasteiger charge is -2.13. The summed E-state index contributed by atoms with van der Waals surface area (Å²) < 4.78 is 6.66. The first kappa shape index (κ1) is 20.7. The van der Waals surface area contributed by atoms with Crippen molar-refractivity contribution in [1.29, 1.82) is 0 Å². The molecule has 1 atom stereocenters. The molecule has 1 N–H and O–H groups in total. The van der Waals surface area contributed by atoms with E-state index in [1.807, 2.05) is 42.8 Å². The van der Waals surface area contributed by atoms with Gasteiger partial charge in [-0.05, 0) is 49.2 Å². The van der Waals surface area contributed by atoms with E-state index in [1.165, 1.54) is 18.9 Å². The standard InChI is InChI=1S/C22H23N3O3S/c1-15-5-4-6-19(13-15)25-12-11-23-22(25)29-16(2)20(26)24-14-17-7-9-18(10-8-17)21(27)28-3/h4-13,16H,14H2,1-3H3,(H,24,26)/t16-/m1/s1. The number of hydrogen-bond donors (Lipinski definition) is 1. The van der Waals surface area contributed by atoms with Crippen LogP contribution in [0.2, 0.25) is 0 Å². The number of carbonyl (C=O) groups is 2. The predicted octanol–water partition coefficient (Wildman–Crippen LogP) is 3.76. The zero-order chi connectivity index (χ0) is 20.8. The van der Waals surface area contributed by atoms with E-state index in [2.05, 4.69) is 21.1 Å². The molecule has 0 saturated carbocycles. The van der Waals surface area contributed by atoms with Crippen LogP contribution in [0.4, 0.5) is 0 Å². The Labute approximate surface area is 174 Å². The smallest absolute Gasteiger partial charge is 0.337 e. The summed E-state index contributed by atoms with van der Waals surface area (Å²) >= 11 is 1.41. The fourth-order valence-electron chi connectivity index (χ4n) is 2.77. The second-order valence-corrected chi connectivity index (χ2v) is 7.89. The molecule has 2 aromatic carbocycles. The fraction of sp³-hybridized carbons (Fsp3) is 0.227. The molecule has 1 heterocycles. The topological polar surface area (TPSA) is 73.2 Å². The summed E-state index contributed by atoms with van der Waals surface area (Å²) in [5.74, 6) is -0.458. The SMILES string of the molecule is COC(=O)c1ccc(CNC(=O)[C@@H](C)Sc2nccn2-c2cccc(C)c2)cc1. The first-order valence-electron chi connectivity index (χ1n) is 9.20. The summed E-state index contributed by atoms with van der Waals surface area (Å²) in [5.41, 5.74) is 3.57. The number of nitrogens with one attached hydrogen (secondary N) is 1. The Balaban J connectivity index is 1.59. The van der Waals surface area contributed by atoms with Crippen LogP contribution in [0.5, 0.6) is 0 Å². The van der Waals surface area contributed by atoms with E-state index in [-0.39, 0.29) is 17.1 Å². The van der Waals surface area contributed by atoms with Crippen molar-refractivity contribution in [3.05, 3.63) is 77.6 Å². The number of ether oxygens (including phenoxy) is 1. The Bertz CT molecular complexity index is 999. The van der Waals surface area contributed by atoms with Crippen molar-refractivity contribution in [2.24, 2.45) is 0 Å². The number of rotatable bonds is 7. The lowest BCUT2D eigenvalue weighted by molar-refractivity contribution is -0.120. The number of hydrogen-bond acceptors (Lipinski definition) is 5. The minimum Gasteiger partial charge on any atom is -0.465 e. The van der Waals surface area contributed by atoms with Gasteiger partial charge in [-0.3, -0.25) is 9.36 Å². The first-order valence-corrected chi connectivity index (χ1v) is 10.1. The zero-order valence-electron chi connectivity index (χ0n) is 16.6. The van der Waals surface area contributed by atoms with Gasteiger partial charge in [-0.2, -0.15) is 0 Å². The molecule has 7 heteroatoms. The van der Waals surface area contributed by atoms with Crippen LogP contribution in [0, 0.1) is 6.92 Å². The molecule has 0 aliphatic rings. The van der Waals surface area contributed by atoms with Crippen molar-refractivity contribution >= 4 is 23.6 Å². The summed E-state index contributed by atoms with van der Waals surface area (Å²) in [6.07, 6.45) is 3.63. The minimum atomic E-state index is -0.380. The minimum absolute atomic E-state index is 0.0779. The average molecular weight is 410 g/mol. The number of amides is 1. The molecular weight excluding hydrogens is 386 g/mol. The molecule has 3 rings (SSSR count). The number of benzene rings is 2. The maximum atomic E-state index is 12.5. The van der Waals surface area contributed by atoms with Crippen LogP contribution in [0.3, 0.4) is 0 Å². The van der Waals surface area contributed by atoms with E-state index in [0.717, 1.165) is 22.0 Å². The van der Waals surface area contributed by atoms with Gasteiger partial charge >= 0.3 is 5.97 Å². The van der Waals surface area contributed by atoms with Crippen molar-refractivity contribution < 1.29 is 14.3 Å². The number of thioether (sulfide) groups is 1. The van der Waals surface area contributed by atoms with Gasteiger partial charge in [0, 0.05) is 24.6 Å². The summed E-state index contributed by atoms with van der Waals surface area (Å²) in [5, 5.41) is 3.38. The van der Waals surface area contributed by atoms with Gasteiger partial charge in [0.1, 0.15) is 0 Å². The van der Waals surface area contributed by atoms with Crippen LogP contribution in [-0.4, -0.2) is 33.8 Å². The molecule has 0 aliphatic carbocycles. The van der Waals surface area contributed by atoms with E-state index in [1.54, 1.807) is 30.5 Å². The van der Waals surface area contributed by atoms with E-state index >= 15 is 0 Å². The van der Waals surface area contributed by atoms with Crippen molar-refractivity contribution in [3.63, 3.8) is 0 Å². The highest BCUT2D eigenvalue weighted by Crippen LogP contribution is 2.25. The molecule has 29 heavy (non-hydrogen) atoms. The van der Waals surface area contributed by atoms with Crippen LogP contribution in [-0.2, 0) is 16.1 Å². The highest BCUT2D eigenvalue weighted by molar-refractivity contribution is 8.00. The molecule has 150 valence electrons. The second kappa shape index (κ2) is 9.43. The molecule has 1 amide bonds. The molecule has 0 radical (unpaired) electrons. The summed E-state index contributed by atoms with van der Waals surface area (Å²) in [6, 6.07) is 15.1. The van der Waals surface area contributed by atoms with Gasteiger partial charge in [0.2, 0.25) is 5.91 Å². The zero-order valence-corrected chi connectivity index (χ0v) is 17.4. The molecule has 0 fully saturated rings. The Kier molecular flexibility index (Phi) is 6.72. The molecule has 6 nitrogen and oxygen atoms in total. The lowest BCUT2D eigenvalue weighted by Crippen LogP contribution is -2.30. The lowest BCUT2D eigenvalue weighted by atomic mass is 10.1. The molecule has 0 aliphatic heterocycles. The molecule has 3 aromatic rings. The van der Waals surface area contributed by atoms with Crippen LogP contribution < -0.4 is 5.32 Å². The molecule has 0 saturated heterocycles. The van der Waals surface area contributed by atoms with Crippen molar-refractivity contribution in [2.75, 3.05) is 7.11 Å². The number of nitrogens with zero attached hydrogens (tertiary/aromatic N) is 2. The molecule has 0 bridgehead atoms. The number of aromatic nitrogens is 2. The summed E-state index contributed by atoms with van der Waals surface area (Å²) in [7, 11) is 1.35. The van der Waals surface area contributed by atoms with E-state index < -0.39 is 0 Å². The van der Waals surface area contributed by atoms with Crippen molar-refractivity contribution in [2.45, 2.75) is 30.8 Å². The monoisotopic (exact) mass is 409 g/mol. The third kappa shape index (κ3) is 5.26. The number of aryl methyl sites for hydroxylation is 1. The van der Waals surface area contributed by atoms with Gasteiger partial charge in [-0.15, -0.1) is 0 Å². The normalized spacial score (nSPS) is 11.7. The Hall–Kier alpha value is -3.06. The van der Waals surface area contributed by atoms with Gasteiger partial charge < -0.3 is 10.1 Å². The van der Waals surface area contributed by atoms with Crippen LogP contribution >= 0.6 is 11.8 Å². The number of methoxy groups -OCH3 is 1. The molecule has 1 aromatic heterocycles. The summed E-state index contributed by atoms with van der Waals surface area (Å²) in [4.78, 5) is 28.4. The van der Waals surface area contributed by atoms with Crippen molar-refractivity contribution in [3.8, 4) is 5.69 Å². The molecule has 0 spiro atoms. The quantitative estimate of drug-likeness (QED) is 0.475. The van der Waals surface area contributed by atoms with Crippen LogP contribution in [0.1, 0.15) is 28.4 Å². The van der Waals surface area contributed by atoms with E-state index in [9.17, 15) is 9.59 Å². The fourth-order valence-corrected chi connectivity index (χ4v) is 3.68. The highest BCUT2D eigenvalue weighted by atomic mass is 32.2. The number of imidazole rings is 1. The average Bonchev–Trinajstić information content (AvgIpc) is 3.19. The van der Waals surface area contributed by atoms with Crippen molar-refractivity contribution in [1.82, 2.24) is 14.9 Å². The first-order chi connectivity index (χ1) is 14.0. The van der Waals surface area contributed by atoms with Gasteiger partial charge in [0.25, 0.3) is 0 Å². The third-order valence-electron chi connectivity index (χ3n) is 4.38. The maximum Gasteiger partial charge on any atom is 0.337 e. The van der Waals surface area contributed by atoms with Gasteiger partial charge in [0.05, 0.1) is 17.9 Å². The number of carbonyl (C=O) groups excluding carboxylic acids is 2. The molecular formula is C22H23N3O3S. The van der Waals surface area contributed by atoms with E-state index in [0.29, 0.717) is 12.1 Å². The van der Waals surface area contributed by atoms with Gasteiger partial charge in [-0.25, -0.2) is 9.78 Å². The van der Waals surface area contributed by atoms with Gasteiger partial charge in [-0.1, -0.05) is 36.0 Å². The Morgan fingerprint density at radius 1 is 1.21 bits per heavy atom. The number of esters is 1. The molecule has 0 unspecified atom stereocenters. The third-order valence-corrected chi connectivity index (χ3v) is 5.46. The Morgan fingerprint density at radius 2 is 1.97 bits per heavy atom. The summed E-state index contributed by atoms with van der Waals surface area (Å²) in [6.45, 7) is 4.29. The van der Waals surface area contributed by atoms with E-state index in [4.69, 9.17) is 0 Å². The second-order valence-electron chi connectivity index (χ2n) is 6.59.